The number of halogens is 3. The number of alkyl halides is 3. The number of rotatable bonds is 5. The molecule has 0 saturated carbocycles. The van der Waals surface area contributed by atoms with Gasteiger partial charge in [0, 0.05) is 31.2 Å². The van der Waals surface area contributed by atoms with Gasteiger partial charge in [-0.2, -0.15) is 13.2 Å². The van der Waals surface area contributed by atoms with Gasteiger partial charge in [0.05, 0.1) is 5.56 Å². The number of carboxylic acid groups (broad SMARTS) is 1. The maximum Gasteiger partial charge on any atom is 0.416 e. The predicted octanol–water partition coefficient (Wildman–Crippen LogP) is 4.39. The molecule has 4 N–H and O–H groups in total. The molecule has 198 valence electrons. The maximum absolute atomic E-state index is 13.2. The number of aromatic nitrogens is 3. The molecule has 3 heterocycles. The number of ether oxygens (including phenoxy) is 1. The highest BCUT2D eigenvalue weighted by atomic mass is 19.4. The molecule has 1 atom stereocenters. The Morgan fingerprint density at radius 2 is 1.74 bits per heavy atom. The summed E-state index contributed by atoms with van der Waals surface area (Å²) in [5.74, 6) is -0.538. The standard InChI is InChI=1S/C27H25F3N4O4/c1-25(37,18-3-2-4-19(15-18)27(28,29)30)17-7-5-16(6-8-17)20-21-22(31)32-11-12-34(21)23(33-20)26(24(35)36)9-13-38-14-10-26/h2-8,11-12,15,37H,9-10,13-14H2,1H3,(H2,31,32)(H,35,36)/t25-/m1/s1. The lowest BCUT2D eigenvalue weighted by Gasteiger charge is -2.31. The molecule has 0 unspecified atom stereocenters. The highest BCUT2D eigenvalue weighted by Crippen LogP contribution is 2.40. The van der Waals surface area contributed by atoms with E-state index in [1.54, 1.807) is 34.9 Å². The highest BCUT2D eigenvalue weighted by molar-refractivity contribution is 5.88. The van der Waals surface area contributed by atoms with Crippen LogP contribution in [0.1, 0.15) is 42.3 Å². The van der Waals surface area contributed by atoms with Crippen molar-refractivity contribution in [3.8, 4) is 11.3 Å². The predicted molar refractivity (Wildman–Crippen MR) is 132 cm³/mol. The molecule has 0 bridgehead atoms. The average Bonchev–Trinajstić information content (AvgIpc) is 3.30. The number of benzene rings is 2. The van der Waals surface area contributed by atoms with Gasteiger partial charge in [0.2, 0.25) is 0 Å². The molecule has 8 nitrogen and oxygen atoms in total. The first-order valence-corrected chi connectivity index (χ1v) is 11.9. The molecule has 0 amide bonds. The lowest BCUT2D eigenvalue weighted by Crippen LogP contribution is -2.42. The van der Waals surface area contributed by atoms with Crippen LogP contribution in [0.4, 0.5) is 19.0 Å². The fraction of sp³-hybridized carbons (Fsp3) is 0.296. The van der Waals surface area contributed by atoms with Crippen molar-refractivity contribution in [3.05, 3.63) is 83.4 Å². The maximum atomic E-state index is 13.2. The monoisotopic (exact) mass is 526 g/mol. The smallest absolute Gasteiger partial charge is 0.416 e. The fourth-order valence-electron chi connectivity index (χ4n) is 4.97. The summed E-state index contributed by atoms with van der Waals surface area (Å²) in [6.45, 7) is 1.97. The van der Waals surface area contributed by atoms with Gasteiger partial charge in [-0.25, -0.2) is 9.97 Å². The topological polar surface area (TPSA) is 123 Å². The molecule has 1 saturated heterocycles. The Kier molecular flexibility index (Phi) is 6.15. The van der Waals surface area contributed by atoms with E-state index in [0.29, 0.717) is 28.2 Å². The fourth-order valence-corrected chi connectivity index (χ4v) is 4.97. The number of nitrogens with zero attached hydrogens (tertiary/aromatic N) is 3. The summed E-state index contributed by atoms with van der Waals surface area (Å²) in [4.78, 5) is 21.4. The molecule has 0 spiro atoms. The minimum absolute atomic E-state index is 0.0890. The van der Waals surface area contributed by atoms with Crippen molar-refractivity contribution >= 4 is 17.3 Å². The van der Waals surface area contributed by atoms with Gasteiger partial charge in [0.1, 0.15) is 33.9 Å². The number of carbonyl (C=O) groups is 1. The van der Waals surface area contributed by atoms with Crippen LogP contribution in [0.25, 0.3) is 16.8 Å². The largest absolute Gasteiger partial charge is 0.480 e. The lowest BCUT2D eigenvalue weighted by molar-refractivity contribution is -0.148. The number of nitrogens with two attached hydrogens (primary N) is 1. The first-order valence-electron chi connectivity index (χ1n) is 11.9. The third kappa shape index (κ3) is 4.17. The summed E-state index contributed by atoms with van der Waals surface area (Å²) in [5, 5.41) is 21.4. The summed E-state index contributed by atoms with van der Waals surface area (Å²) < 4.78 is 46.7. The molecule has 2 aromatic carbocycles. The van der Waals surface area contributed by atoms with E-state index in [1.165, 1.54) is 25.3 Å². The number of hydrogen-bond acceptors (Lipinski definition) is 6. The Labute approximate surface area is 215 Å². The van der Waals surface area contributed by atoms with E-state index < -0.39 is 28.7 Å². The Morgan fingerprint density at radius 3 is 2.37 bits per heavy atom. The number of fused-ring (bicyclic) bond motifs is 1. The van der Waals surface area contributed by atoms with E-state index in [-0.39, 0.29) is 37.4 Å². The van der Waals surface area contributed by atoms with Gasteiger partial charge in [0.25, 0.3) is 0 Å². The van der Waals surface area contributed by atoms with Crippen LogP contribution in [-0.2, 0) is 26.7 Å². The third-order valence-corrected chi connectivity index (χ3v) is 7.24. The van der Waals surface area contributed by atoms with Crippen molar-refractivity contribution < 1.29 is 32.9 Å². The minimum atomic E-state index is -4.54. The van der Waals surface area contributed by atoms with Gasteiger partial charge in [-0.05, 0) is 43.0 Å². The zero-order valence-corrected chi connectivity index (χ0v) is 20.4. The second kappa shape index (κ2) is 9.10. The Bertz CT molecular complexity index is 1510. The van der Waals surface area contributed by atoms with E-state index >= 15 is 0 Å². The van der Waals surface area contributed by atoms with Crippen LogP contribution in [0.15, 0.2) is 60.9 Å². The molecule has 0 radical (unpaired) electrons. The normalized spacial score (nSPS) is 17.3. The van der Waals surface area contributed by atoms with Gasteiger partial charge in [0.15, 0.2) is 0 Å². The molecular weight excluding hydrogens is 501 g/mol. The first kappa shape index (κ1) is 25.7. The number of nitrogen functional groups attached to an aromatic ring is 1. The van der Waals surface area contributed by atoms with Gasteiger partial charge in [-0.15, -0.1) is 0 Å². The summed E-state index contributed by atoms with van der Waals surface area (Å²) in [6, 6.07) is 11.1. The number of aliphatic hydroxyl groups is 1. The minimum Gasteiger partial charge on any atom is -0.480 e. The molecule has 38 heavy (non-hydrogen) atoms. The number of imidazole rings is 1. The van der Waals surface area contributed by atoms with E-state index in [0.717, 1.165) is 12.1 Å². The molecule has 1 aliphatic rings. The molecule has 11 heteroatoms. The molecule has 4 aromatic rings. The van der Waals surface area contributed by atoms with Crippen molar-refractivity contribution in [1.82, 2.24) is 14.4 Å². The van der Waals surface area contributed by atoms with E-state index in [1.807, 2.05) is 0 Å². The van der Waals surface area contributed by atoms with Crippen LogP contribution < -0.4 is 5.73 Å². The van der Waals surface area contributed by atoms with Crippen LogP contribution in [0.3, 0.4) is 0 Å². The van der Waals surface area contributed by atoms with Crippen LogP contribution in [0, 0.1) is 0 Å². The van der Waals surface area contributed by atoms with Crippen molar-refractivity contribution in [2.24, 2.45) is 0 Å². The van der Waals surface area contributed by atoms with Crippen LogP contribution in [0.5, 0.6) is 0 Å². The zero-order chi connectivity index (χ0) is 27.3. The van der Waals surface area contributed by atoms with Gasteiger partial charge >= 0.3 is 12.1 Å². The average molecular weight is 527 g/mol. The van der Waals surface area contributed by atoms with Crippen molar-refractivity contribution in [2.45, 2.75) is 37.0 Å². The SMILES string of the molecule is C[C@@](O)(c1ccc(-c2nc(C3(C(=O)O)CCOCC3)n3ccnc(N)c23)cc1)c1cccc(C(F)(F)F)c1. The zero-order valence-electron chi connectivity index (χ0n) is 20.4. The van der Waals surface area contributed by atoms with Crippen LogP contribution in [-0.4, -0.2) is 43.8 Å². The highest BCUT2D eigenvalue weighted by Gasteiger charge is 2.46. The van der Waals surface area contributed by atoms with Crippen molar-refractivity contribution in [3.63, 3.8) is 0 Å². The Hall–Kier alpha value is -3.96. The van der Waals surface area contributed by atoms with Gasteiger partial charge in [-0.1, -0.05) is 36.4 Å². The molecule has 0 aliphatic carbocycles. The molecule has 1 fully saturated rings. The first-order chi connectivity index (χ1) is 17.9. The molecule has 5 rings (SSSR count). The Morgan fingerprint density at radius 1 is 1.08 bits per heavy atom. The van der Waals surface area contributed by atoms with Crippen molar-refractivity contribution in [2.75, 3.05) is 18.9 Å². The molecule has 2 aromatic heterocycles. The summed E-state index contributed by atoms with van der Waals surface area (Å²) in [6.07, 6.45) is -0.975. The van der Waals surface area contributed by atoms with Crippen LogP contribution in [0.2, 0.25) is 0 Å². The number of anilines is 1. The quantitative estimate of drug-likeness (QED) is 0.353. The number of hydrogen-bond donors (Lipinski definition) is 3. The van der Waals surface area contributed by atoms with Gasteiger partial charge < -0.3 is 20.7 Å². The summed E-state index contributed by atoms with van der Waals surface area (Å²) in [7, 11) is 0. The Balaban J connectivity index is 1.59. The second-order valence-electron chi connectivity index (χ2n) is 9.54. The van der Waals surface area contributed by atoms with E-state index in [4.69, 9.17) is 15.5 Å². The lowest BCUT2D eigenvalue weighted by atomic mass is 9.79. The third-order valence-electron chi connectivity index (χ3n) is 7.24. The van der Waals surface area contributed by atoms with Gasteiger partial charge in [-0.3, -0.25) is 9.20 Å². The number of carboxylic acids is 1. The van der Waals surface area contributed by atoms with Crippen LogP contribution >= 0.6 is 0 Å². The second-order valence-corrected chi connectivity index (χ2v) is 9.54. The number of aliphatic carboxylic acids is 1. The summed E-state index contributed by atoms with van der Waals surface area (Å²) in [5.41, 5.74) is 4.23. The van der Waals surface area contributed by atoms with Crippen molar-refractivity contribution in [1.29, 1.82) is 0 Å². The molecular formula is C27H25F3N4O4. The molecule has 1 aliphatic heterocycles. The van der Waals surface area contributed by atoms with E-state index in [9.17, 15) is 28.2 Å². The summed E-state index contributed by atoms with van der Waals surface area (Å²) >= 11 is 0. The van der Waals surface area contributed by atoms with E-state index in [2.05, 4.69) is 4.98 Å².